The number of aromatic nitrogens is 2. The first-order chi connectivity index (χ1) is 11.8. The van der Waals surface area contributed by atoms with Gasteiger partial charge in [-0.1, -0.05) is 43.7 Å². The van der Waals surface area contributed by atoms with Gasteiger partial charge in [0.2, 0.25) is 5.95 Å². The molecule has 0 amide bonds. The summed E-state index contributed by atoms with van der Waals surface area (Å²) in [4.78, 5) is 19.8. The van der Waals surface area contributed by atoms with Gasteiger partial charge in [-0.15, -0.1) is 0 Å². The number of hydrogen-bond acceptors (Lipinski definition) is 4. The molecule has 24 heavy (non-hydrogen) atoms. The Morgan fingerprint density at radius 3 is 2.79 bits per heavy atom. The predicted molar refractivity (Wildman–Crippen MR) is 97.6 cm³/mol. The van der Waals surface area contributed by atoms with Gasteiger partial charge in [0.1, 0.15) is 0 Å². The van der Waals surface area contributed by atoms with Crippen LogP contribution in [0.15, 0.2) is 35.1 Å². The van der Waals surface area contributed by atoms with Gasteiger partial charge in [-0.25, -0.2) is 4.98 Å². The van der Waals surface area contributed by atoms with Crippen LogP contribution in [0.4, 0.5) is 5.95 Å². The van der Waals surface area contributed by atoms with Crippen molar-refractivity contribution in [3.05, 3.63) is 57.5 Å². The lowest BCUT2D eigenvalue weighted by Crippen LogP contribution is -2.23. The molecule has 1 aromatic carbocycles. The summed E-state index contributed by atoms with van der Waals surface area (Å²) in [5.41, 5.74) is 3.12. The summed E-state index contributed by atoms with van der Waals surface area (Å²) in [7, 11) is 0. The minimum absolute atomic E-state index is 0.00214. The van der Waals surface area contributed by atoms with Crippen LogP contribution in [0.2, 0.25) is 0 Å². The number of benzene rings is 1. The van der Waals surface area contributed by atoms with E-state index in [1.54, 1.807) is 0 Å². The summed E-state index contributed by atoms with van der Waals surface area (Å²) >= 11 is 0. The van der Waals surface area contributed by atoms with Crippen molar-refractivity contribution in [1.29, 1.82) is 0 Å². The Morgan fingerprint density at radius 1 is 1.21 bits per heavy atom. The van der Waals surface area contributed by atoms with Gasteiger partial charge >= 0.3 is 0 Å². The van der Waals surface area contributed by atoms with Crippen LogP contribution in [-0.2, 0) is 19.3 Å². The summed E-state index contributed by atoms with van der Waals surface area (Å²) in [6.07, 6.45) is 3.68. The number of hydrogen-bond donors (Lipinski definition) is 3. The SMILES string of the molecule is CC[C@H](CNc1nc2c(c(=O)[nH]1)CCNCC2)Cc1ccccc1. The third kappa shape index (κ3) is 4.23. The van der Waals surface area contributed by atoms with Gasteiger partial charge in [-0.3, -0.25) is 9.78 Å². The lowest BCUT2D eigenvalue weighted by Gasteiger charge is -2.16. The fourth-order valence-electron chi connectivity index (χ4n) is 3.19. The second kappa shape index (κ2) is 8.11. The Kier molecular flexibility index (Phi) is 5.64. The second-order valence-electron chi connectivity index (χ2n) is 6.43. The van der Waals surface area contributed by atoms with E-state index in [0.29, 0.717) is 11.9 Å². The third-order valence-electron chi connectivity index (χ3n) is 4.69. The Labute approximate surface area is 142 Å². The summed E-state index contributed by atoms with van der Waals surface area (Å²) in [5.74, 6) is 1.12. The highest BCUT2D eigenvalue weighted by molar-refractivity contribution is 5.31. The zero-order valence-corrected chi connectivity index (χ0v) is 14.3. The average Bonchev–Trinajstić information content (AvgIpc) is 2.85. The maximum atomic E-state index is 12.3. The van der Waals surface area contributed by atoms with Gasteiger partial charge < -0.3 is 10.6 Å². The fraction of sp³-hybridized carbons (Fsp3) is 0.474. The number of anilines is 1. The van der Waals surface area contributed by atoms with E-state index in [1.165, 1.54) is 5.56 Å². The van der Waals surface area contributed by atoms with Gasteiger partial charge in [0.25, 0.3) is 5.56 Å². The lowest BCUT2D eigenvalue weighted by molar-refractivity contribution is 0.532. The third-order valence-corrected chi connectivity index (χ3v) is 4.69. The number of fused-ring (bicyclic) bond motifs is 1. The van der Waals surface area contributed by atoms with E-state index >= 15 is 0 Å². The topological polar surface area (TPSA) is 69.8 Å². The molecular formula is C19H26N4O. The fourth-order valence-corrected chi connectivity index (χ4v) is 3.19. The lowest BCUT2D eigenvalue weighted by atomic mass is 9.97. The van der Waals surface area contributed by atoms with Gasteiger partial charge in [0, 0.05) is 25.1 Å². The highest BCUT2D eigenvalue weighted by Crippen LogP contribution is 2.13. The summed E-state index contributed by atoms with van der Waals surface area (Å²) in [6, 6.07) is 10.5. The first kappa shape index (κ1) is 16.7. The molecule has 0 saturated heterocycles. The Hall–Kier alpha value is -2.14. The van der Waals surface area contributed by atoms with Crippen molar-refractivity contribution in [2.24, 2.45) is 5.92 Å². The maximum absolute atomic E-state index is 12.3. The van der Waals surface area contributed by atoms with E-state index in [4.69, 9.17) is 0 Å². The molecule has 5 heteroatoms. The largest absolute Gasteiger partial charge is 0.355 e. The quantitative estimate of drug-likeness (QED) is 0.761. The molecular weight excluding hydrogens is 300 g/mol. The van der Waals surface area contributed by atoms with Gasteiger partial charge in [-0.05, 0) is 30.9 Å². The van der Waals surface area contributed by atoms with E-state index in [1.807, 2.05) is 6.07 Å². The van der Waals surface area contributed by atoms with E-state index in [-0.39, 0.29) is 5.56 Å². The van der Waals surface area contributed by atoms with Crippen molar-refractivity contribution >= 4 is 5.95 Å². The Morgan fingerprint density at radius 2 is 2.00 bits per heavy atom. The monoisotopic (exact) mass is 326 g/mol. The molecule has 1 atom stereocenters. The zero-order valence-electron chi connectivity index (χ0n) is 14.3. The Bertz CT molecular complexity index is 711. The summed E-state index contributed by atoms with van der Waals surface area (Å²) in [5, 5.41) is 6.65. The van der Waals surface area contributed by atoms with E-state index in [2.05, 4.69) is 51.8 Å². The minimum atomic E-state index is 0.00214. The van der Waals surface area contributed by atoms with Crippen LogP contribution >= 0.6 is 0 Å². The predicted octanol–water partition coefficient (Wildman–Crippen LogP) is 2.14. The molecule has 0 spiro atoms. The van der Waals surface area contributed by atoms with E-state index < -0.39 is 0 Å². The van der Waals surface area contributed by atoms with E-state index in [9.17, 15) is 4.79 Å². The molecule has 0 saturated carbocycles. The first-order valence-electron chi connectivity index (χ1n) is 8.87. The van der Waals surface area contributed by atoms with Crippen molar-refractivity contribution in [3.8, 4) is 0 Å². The number of rotatable bonds is 6. The second-order valence-corrected chi connectivity index (χ2v) is 6.43. The van der Waals surface area contributed by atoms with Crippen LogP contribution < -0.4 is 16.2 Å². The summed E-state index contributed by atoms with van der Waals surface area (Å²) in [6.45, 7) is 4.74. The average molecular weight is 326 g/mol. The molecule has 1 aliphatic rings. The molecule has 1 aliphatic heterocycles. The van der Waals surface area contributed by atoms with Crippen molar-refractivity contribution in [1.82, 2.24) is 15.3 Å². The van der Waals surface area contributed by atoms with Crippen LogP contribution in [0.5, 0.6) is 0 Å². The van der Waals surface area contributed by atoms with E-state index in [0.717, 1.165) is 56.6 Å². The first-order valence-corrected chi connectivity index (χ1v) is 8.87. The number of H-pyrrole nitrogens is 1. The Balaban J connectivity index is 1.66. The van der Waals surface area contributed by atoms with Crippen LogP contribution in [0, 0.1) is 5.92 Å². The summed E-state index contributed by atoms with van der Waals surface area (Å²) < 4.78 is 0. The van der Waals surface area contributed by atoms with Crippen molar-refractivity contribution in [3.63, 3.8) is 0 Å². The van der Waals surface area contributed by atoms with Gasteiger partial charge in [0.05, 0.1) is 5.69 Å². The molecule has 1 aromatic heterocycles. The smallest absolute Gasteiger partial charge is 0.255 e. The molecule has 5 nitrogen and oxygen atoms in total. The highest BCUT2D eigenvalue weighted by Gasteiger charge is 2.15. The van der Waals surface area contributed by atoms with Crippen LogP contribution in [0.25, 0.3) is 0 Å². The maximum Gasteiger partial charge on any atom is 0.255 e. The molecule has 128 valence electrons. The molecule has 3 rings (SSSR count). The molecule has 3 N–H and O–H groups in total. The molecule has 0 aliphatic carbocycles. The van der Waals surface area contributed by atoms with Crippen LogP contribution in [0.3, 0.4) is 0 Å². The number of aromatic amines is 1. The number of nitrogens with zero attached hydrogens (tertiary/aromatic N) is 1. The van der Waals surface area contributed by atoms with Gasteiger partial charge in [-0.2, -0.15) is 0 Å². The zero-order chi connectivity index (χ0) is 16.8. The molecule has 2 aromatic rings. The molecule has 2 heterocycles. The van der Waals surface area contributed by atoms with Crippen molar-refractivity contribution in [2.75, 3.05) is 25.0 Å². The van der Waals surface area contributed by atoms with Crippen LogP contribution in [-0.4, -0.2) is 29.6 Å². The number of nitrogens with one attached hydrogen (secondary N) is 3. The minimum Gasteiger partial charge on any atom is -0.355 e. The highest BCUT2D eigenvalue weighted by atomic mass is 16.1. The normalized spacial score (nSPS) is 15.4. The molecule has 0 fully saturated rings. The van der Waals surface area contributed by atoms with Crippen molar-refractivity contribution in [2.45, 2.75) is 32.6 Å². The molecule has 0 unspecified atom stereocenters. The van der Waals surface area contributed by atoms with Crippen LogP contribution in [0.1, 0.15) is 30.2 Å². The standard InChI is InChI=1S/C19H26N4O/c1-2-14(12-15-6-4-3-5-7-15)13-21-19-22-17-9-11-20-10-8-16(17)18(24)23-19/h3-7,14,20H,2,8-13H2,1H3,(H2,21,22,23,24)/t14-/m0/s1. The molecule has 0 radical (unpaired) electrons. The van der Waals surface area contributed by atoms with Gasteiger partial charge in [0.15, 0.2) is 0 Å². The molecule has 0 bridgehead atoms. The van der Waals surface area contributed by atoms with Crippen molar-refractivity contribution < 1.29 is 0 Å².